The molecule has 2 heterocycles. The first-order valence-electron chi connectivity index (χ1n) is 6.92. The van der Waals surface area contributed by atoms with Crippen molar-refractivity contribution in [1.29, 1.82) is 0 Å². The summed E-state index contributed by atoms with van der Waals surface area (Å²) in [6, 6.07) is 8.56. The van der Waals surface area contributed by atoms with E-state index in [9.17, 15) is 0 Å². The average Bonchev–Trinajstić information content (AvgIpc) is 3.13. The zero-order chi connectivity index (χ0) is 14.8. The highest BCUT2D eigenvalue weighted by atomic mass is 35.5. The van der Waals surface area contributed by atoms with E-state index in [1.54, 1.807) is 11.3 Å². The van der Waals surface area contributed by atoms with E-state index in [0.29, 0.717) is 6.04 Å². The summed E-state index contributed by atoms with van der Waals surface area (Å²) in [5.41, 5.74) is 2.82. The maximum atomic E-state index is 6.41. The van der Waals surface area contributed by atoms with Gasteiger partial charge < -0.3 is 5.32 Å². The molecule has 1 aromatic carbocycles. The minimum Gasteiger partial charge on any atom is -0.312 e. The predicted octanol–water partition coefficient (Wildman–Crippen LogP) is 5.13. The lowest BCUT2D eigenvalue weighted by molar-refractivity contribution is 0.550. The number of halogens is 1. The highest BCUT2D eigenvalue weighted by Crippen LogP contribution is 2.39. The van der Waals surface area contributed by atoms with Gasteiger partial charge in [0, 0.05) is 21.4 Å². The number of rotatable bonds is 5. The standard InChI is InChI=1S/C15H16ClN3S2/c1-3-4-10(17-2)12-7-8-13(20-12)14-9(16)5-6-11-15(14)19-21-18-11/h5-8,10,17H,3-4H2,1-2H3. The number of benzene rings is 1. The second kappa shape index (κ2) is 6.40. The highest BCUT2D eigenvalue weighted by Gasteiger charge is 2.16. The Morgan fingerprint density at radius 1 is 1.24 bits per heavy atom. The summed E-state index contributed by atoms with van der Waals surface area (Å²) in [6.45, 7) is 2.21. The van der Waals surface area contributed by atoms with Crippen molar-refractivity contribution in [1.82, 2.24) is 14.1 Å². The van der Waals surface area contributed by atoms with Gasteiger partial charge in [0.25, 0.3) is 0 Å². The fourth-order valence-electron chi connectivity index (χ4n) is 2.45. The Kier molecular flexibility index (Phi) is 4.54. The molecule has 0 radical (unpaired) electrons. The molecular formula is C15H16ClN3S2. The largest absolute Gasteiger partial charge is 0.312 e. The molecular weight excluding hydrogens is 322 g/mol. The van der Waals surface area contributed by atoms with Crippen LogP contribution >= 0.6 is 34.7 Å². The highest BCUT2D eigenvalue weighted by molar-refractivity contribution is 7.15. The van der Waals surface area contributed by atoms with Gasteiger partial charge in [-0.25, -0.2) is 0 Å². The van der Waals surface area contributed by atoms with Crippen LogP contribution < -0.4 is 5.32 Å². The van der Waals surface area contributed by atoms with Gasteiger partial charge in [-0.15, -0.1) is 11.3 Å². The van der Waals surface area contributed by atoms with Gasteiger partial charge in [-0.3, -0.25) is 0 Å². The van der Waals surface area contributed by atoms with Gasteiger partial charge in [-0.05, 0) is 37.7 Å². The van der Waals surface area contributed by atoms with Crippen molar-refractivity contribution in [3.63, 3.8) is 0 Å². The number of hydrogen-bond acceptors (Lipinski definition) is 5. The number of fused-ring (bicyclic) bond motifs is 1. The molecule has 6 heteroatoms. The summed E-state index contributed by atoms with van der Waals surface area (Å²) >= 11 is 9.42. The lowest BCUT2D eigenvalue weighted by Gasteiger charge is -2.12. The van der Waals surface area contributed by atoms with Crippen LogP contribution in [0.1, 0.15) is 30.7 Å². The van der Waals surface area contributed by atoms with Crippen LogP contribution in [0.2, 0.25) is 5.02 Å². The Morgan fingerprint density at radius 2 is 2.10 bits per heavy atom. The molecule has 2 aromatic heterocycles. The Balaban J connectivity index is 2.05. The van der Waals surface area contributed by atoms with Crippen LogP contribution in [0.25, 0.3) is 21.5 Å². The quantitative estimate of drug-likeness (QED) is 0.701. The van der Waals surface area contributed by atoms with E-state index in [1.165, 1.54) is 16.6 Å². The molecule has 1 unspecified atom stereocenters. The van der Waals surface area contributed by atoms with Gasteiger partial charge >= 0.3 is 0 Å². The van der Waals surface area contributed by atoms with Gasteiger partial charge in [0.15, 0.2) is 0 Å². The molecule has 0 aliphatic rings. The first kappa shape index (κ1) is 14.9. The van der Waals surface area contributed by atoms with Crippen molar-refractivity contribution in [3.05, 3.63) is 34.2 Å². The van der Waals surface area contributed by atoms with Crippen LogP contribution in [0.3, 0.4) is 0 Å². The fraction of sp³-hybridized carbons (Fsp3) is 0.333. The van der Waals surface area contributed by atoms with E-state index in [4.69, 9.17) is 11.6 Å². The average molecular weight is 338 g/mol. The summed E-state index contributed by atoms with van der Waals surface area (Å²) in [5.74, 6) is 0. The molecule has 0 aliphatic heterocycles. The summed E-state index contributed by atoms with van der Waals surface area (Å²) in [5, 5.41) is 4.12. The van der Waals surface area contributed by atoms with E-state index in [0.717, 1.165) is 39.3 Å². The lowest BCUT2D eigenvalue weighted by atomic mass is 10.1. The second-order valence-electron chi connectivity index (χ2n) is 4.89. The van der Waals surface area contributed by atoms with Gasteiger partial charge in [0.1, 0.15) is 11.0 Å². The first-order chi connectivity index (χ1) is 10.2. The van der Waals surface area contributed by atoms with Gasteiger partial charge in [0.05, 0.1) is 16.8 Å². The Morgan fingerprint density at radius 3 is 2.86 bits per heavy atom. The molecule has 3 rings (SSSR count). The van der Waals surface area contributed by atoms with E-state index in [2.05, 4.69) is 33.1 Å². The third-order valence-corrected chi connectivity index (χ3v) is 5.59. The number of thiophene rings is 1. The minimum atomic E-state index is 0.403. The third kappa shape index (κ3) is 2.83. The second-order valence-corrected chi connectivity index (χ2v) is 6.94. The van der Waals surface area contributed by atoms with Crippen molar-refractivity contribution in [3.8, 4) is 10.4 Å². The Labute approximate surface area is 137 Å². The van der Waals surface area contributed by atoms with E-state index >= 15 is 0 Å². The van der Waals surface area contributed by atoms with Crippen LogP contribution in [-0.4, -0.2) is 15.8 Å². The summed E-state index contributed by atoms with van der Waals surface area (Å²) in [7, 11) is 2.01. The molecule has 0 spiro atoms. The van der Waals surface area contributed by atoms with E-state index in [1.807, 2.05) is 19.2 Å². The molecule has 3 nitrogen and oxygen atoms in total. The molecule has 0 aliphatic carbocycles. The Hall–Kier alpha value is -1.01. The van der Waals surface area contributed by atoms with Crippen LogP contribution in [-0.2, 0) is 0 Å². The Bertz CT molecular complexity index is 750. The normalized spacial score (nSPS) is 12.9. The van der Waals surface area contributed by atoms with Crippen LogP contribution in [0, 0.1) is 0 Å². The third-order valence-electron chi connectivity index (χ3n) is 3.52. The minimum absolute atomic E-state index is 0.403. The van der Waals surface area contributed by atoms with Crippen LogP contribution in [0.15, 0.2) is 24.3 Å². The molecule has 0 fully saturated rings. The fourth-order valence-corrected chi connectivity index (χ4v) is 4.52. The van der Waals surface area contributed by atoms with Crippen LogP contribution in [0.4, 0.5) is 0 Å². The number of aromatic nitrogens is 2. The van der Waals surface area contributed by atoms with Crippen molar-refractivity contribution >= 4 is 45.7 Å². The van der Waals surface area contributed by atoms with Crippen molar-refractivity contribution < 1.29 is 0 Å². The topological polar surface area (TPSA) is 37.8 Å². The van der Waals surface area contributed by atoms with E-state index in [-0.39, 0.29) is 0 Å². The summed E-state index contributed by atoms with van der Waals surface area (Å²) in [6.07, 6.45) is 2.29. The first-order valence-corrected chi connectivity index (χ1v) is 8.85. The van der Waals surface area contributed by atoms with Crippen molar-refractivity contribution in [2.45, 2.75) is 25.8 Å². The maximum absolute atomic E-state index is 6.41. The smallest absolute Gasteiger partial charge is 0.114 e. The molecule has 3 aromatic rings. The molecule has 110 valence electrons. The van der Waals surface area contributed by atoms with Crippen molar-refractivity contribution in [2.75, 3.05) is 7.05 Å². The zero-order valence-corrected chi connectivity index (χ0v) is 14.3. The number of hydrogen-bond donors (Lipinski definition) is 1. The van der Waals surface area contributed by atoms with Gasteiger partial charge in [0.2, 0.25) is 0 Å². The van der Waals surface area contributed by atoms with E-state index < -0.39 is 0 Å². The van der Waals surface area contributed by atoms with Crippen molar-refractivity contribution in [2.24, 2.45) is 0 Å². The number of nitrogens with one attached hydrogen (secondary N) is 1. The maximum Gasteiger partial charge on any atom is 0.114 e. The molecule has 1 atom stereocenters. The molecule has 0 saturated heterocycles. The zero-order valence-electron chi connectivity index (χ0n) is 11.9. The SMILES string of the molecule is CCCC(NC)c1ccc(-c2c(Cl)ccc3nsnc23)s1. The molecule has 0 saturated carbocycles. The number of nitrogens with zero attached hydrogens (tertiary/aromatic N) is 2. The summed E-state index contributed by atoms with van der Waals surface area (Å²) in [4.78, 5) is 2.50. The summed E-state index contributed by atoms with van der Waals surface area (Å²) < 4.78 is 8.70. The molecule has 21 heavy (non-hydrogen) atoms. The molecule has 0 bridgehead atoms. The van der Waals surface area contributed by atoms with Crippen LogP contribution in [0.5, 0.6) is 0 Å². The predicted molar refractivity (Wildman–Crippen MR) is 92.4 cm³/mol. The van der Waals surface area contributed by atoms with Gasteiger partial charge in [-0.1, -0.05) is 24.9 Å². The monoisotopic (exact) mass is 337 g/mol. The van der Waals surface area contributed by atoms with Gasteiger partial charge in [-0.2, -0.15) is 8.75 Å². The lowest BCUT2D eigenvalue weighted by Crippen LogP contribution is -2.14. The molecule has 0 amide bonds. The molecule has 1 N–H and O–H groups in total.